The van der Waals surface area contributed by atoms with Gasteiger partial charge in [-0.25, -0.2) is 0 Å². The van der Waals surface area contributed by atoms with E-state index < -0.39 is 10.1 Å². The van der Waals surface area contributed by atoms with Gasteiger partial charge in [0.1, 0.15) is 11.5 Å². The Morgan fingerprint density at radius 2 is 1.25 bits per heavy atom. The topological polar surface area (TPSA) is 94.8 Å². The summed E-state index contributed by atoms with van der Waals surface area (Å²) in [4.78, 5) is 0. The minimum atomic E-state index is -3.79. The zero-order valence-electron chi connectivity index (χ0n) is 14.3. The van der Waals surface area contributed by atoms with Crippen molar-refractivity contribution >= 4 is 10.1 Å². The van der Waals surface area contributed by atoms with Crippen molar-refractivity contribution in [3.8, 4) is 11.5 Å². The fourth-order valence-electron chi connectivity index (χ4n) is 2.79. The summed E-state index contributed by atoms with van der Waals surface area (Å²) in [5.74, 6) is 0.322. The molecular formula is C18H30O5S. The Morgan fingerprint density at radius 1 is 0.750 bits per heavy atom. The summed E-state index contributed by atoms with van der Waals surface area (Å²) in [6, 6.07) is 4.64. The van der Waals surface area contributed by atoms with Gasteiger partial charge in [0.25, 0.3) is 10.1 Å². The predicted octanol–water partition coefficient (Wildman–Crippen LogP) is 4.43. The quantitative estimate of drug-likeness (QED) is 0.275. The molecule has 0 heterocycles. The van der Waals surface area contributed by atoms with Gasteiger partial charge in [-0.05, 0) is 43.0 Å². The van der Waals surface area contributed by atoms with Crippen molar-refractivity contribution in [3.63, 3.8) is 0 Å². The van der Waals surface area contributed by atoms with Crippen molar-refractivity contribution in [1.82, 2.24) is 0 Å². The molecule has 0 spiro atoms. The monoisotopic (exact) mass is 358 g/mol. The van der Waals surface area contributed by atoms with Crippen LogP contribution >= 0.6 is 0 Å². The first kappa shape index (κ1) is 20.8. The number of hydrogen-bond acceptors (Lipinski definition) is 4. The van der Waals surface area contributed by atoms with Crippen molar-refractivity contribution < 1.29 is 23.2 Å². The van der Waals surface area contributed by atoms with E-state index in [2.05, 4.69) is 0 Å². The molecule has 0 radical (unpaired) electrons. The van der Waals surface area contributed by atoms with Gasteiger partial charge in [0.15, 0.2) is 0 Å². The van der Waals surface area contributed by atoms with Crippen LogP contribution in [-0.4, -0.2) is 28.9 Å². The highest BCUT2D eigenvalue weighted by atomic mass is 32.2. The first-order valence-corrected chi connectivity index (χ1v) is 10.5. The van der Waals surface area contributed by atoms with E-state index in [0.29, 0.717) is 6.42 Å². The smallest absolute Gasteiger partial charge is 0.264 e. The van der Waals surface area contributed by atoms with Crippen LogP contribution in [0.5, 0.6) is 11.5 Å². The lowest BCUT2D eigenvalue weighted by Crippen LogP contribution is -2.03. The summed E-state index contributed by atoms with van der Waals surface area (Å²) in [6.07, 6.45) is 11.2. The Bertz CT molecular complexity index is 569. The van der Waals surface area contributed by atoms with Gasteiger partial charge in [0.05, 0.1) is 5.75 Å². The van der Waals surface area contributed by atoms with Gasteiger partial charge in [0.2, 0.25) is 0 Å². The average Bonchev–Trinajstić information content (AvgIpc) is 2.50. The molecule has 0 fully saturated rings. The summed E-state index contributed by atoms with van der Waals surface area (Å²) in [5.41, 5.74) is 0.805. The Balaban J connectivity index is 1.91. The molecule has 0 amide bonds. The van der Waals surface area contributed by atoms with Gasteiger partial charge in [0, 0.05) is 0 Å². The molecule has 1 rings (SSSR count). The highest BCUT2D eigenvalue weighted by Crippen LogP contribution is 2.24. The summed E-state index contributed by atoms with van der Waals surface area (Å²) in [5, 5.41) is 19.1. The number of hydrogen-bond donors (Lipinski definition) is 3. The molecule has 24 heavy (non-hydrogen) atoms. The maximum absolute atomic E-state index is 10.5. The lowest BCUT2D eigenvalue weighted by atomic mass is 10.0. The predicted molar refractivity (Wildman–Crippen MR) is 96.1 cm³/mol. The molecule has 0 unspecified atom stereocenters. The second-order valence-electron chi connectivity index (χ2n) is 6.38. The minimum Gasteiger partial charge on any atom is -0.508 e. The Hall–Kier alpha value is -1.27. The van der Waals surface area contributed by atoms with Crippen molar-refractivity contribution in [1.29, 1.82) is 0 Å². The summed E-state index contributed by atoms with van der Waals surface area (Å²) < 4.78 is 29.7. The fraction of sp³-hybridized carbons (Fsp3) is 0.667. The van der Waals surface area contributed by atoms with Crippen LogP contribution in [0.15, 0.2) is 18.2 Å². The van der Waals surface area contributed by atoms with E-state index in [1.165, 1.54) is 37.8 Å². The zero-order chi connectivity index (χ0) is 17.8. The number of phenols is 2. The van der Waals surface area contributed by atoms with Crippen LogP contribution in [0.1, 0.15) is 69.8 Å². The molecule has 1 aromatic rings. The van der Waals surface area contributed by atoms with E-state index in [-0.39, 0.29) is 17.3 Å². The summed E-state index contributed by atoms with van der Waals surface area (Å²) in [6.45, 7) is 0. The Kier molecular flexibility index (Phi) is 9.79. The molecule has 3 N–H and O–H groups in total. The molecule has 5 nitrogen and oxygen atoms in total. The molecule has 6 heteroatoms. The number of unbranched alkanes of at least 4 members (excludes halogenated alkanes) is 9. The van der Waals surface area contributed by atoms with E-state index in [9.17, 15) is 18.6 Å². The molecule has 0 bridgehead atoms. The van der Waals surface area contributed by atoms with Gasteiger partial charge in [-0.2, -0.15) is 8.42 Å². The van der Waals surface area contributed by atoms with E-state index in [1.54, 1.807) is 6.07 Å². The molecule has 0 atom stereocenters. The molecule has 0 aliphatic rings. The van der Waals surface area contributed by atoms with Crippen LogP contribution in [-0.2, 0) is 16.5 Å². The van der Waals surface area contributed by atoms with Gasteiger partial charge in [-0.1, -0.05) is 51.4 Å². The molecule has 138 valence electrons. The first-order chi connectivity index (χ1) is 11.4. The number of aryl methyl sites for hydroxylation is 1. The molecule has 0 aromatic heterocycles. The van der Waals surface area contributed by atoms with Gasteiger partial charge >= 0.3 is 0 Å². The highest BCUT2D eigenvalue weighted by Gasteiger charge is 2.03. The van der Waals surface area contributed by atoms with Crippen LogP contribution in [0, 0.1) is 0 Å². The lowest BCUT2D eigenvalue weighted by Gasteiger charge is -2.05. The van der Waals surface area contributed by atoms with E-state index >= 15 is 0 Å². The SMILES string of the molecule is O=S(=O)(O)CCCCCCCCCCCCc1cc(O)ccc1O. The summed E-state index contributed by atoms with van der Waals surface area (Å²) >= 11 is 0. The van der Waals surface area contributed by atoms with Crippen LogP contribution < -0.4 is 0 Å². The van der Waals surface area contributed by atoms with E-state index in [4.69, 9.17) is 4.55 Å². The van der Waals surface area contributed by atoms with Crippen LogP contribution in [0.3, 0.4) is 0 Å². The standard InChI is InChI=1S/C18H30O5S/c19-17-12-13-18(20)16(15-17)11-9-7-5-3-1-2-4-6-8-10-14-24(21,22)23/h12-13,15,19-20H,1-11,14H2,(H,21,22,23). The van der Waals surface area contributed by atoms with Crippen LogP contribution in [0.4, 0.5) is 0 Å². The van der Waals surface area contributed by atoms with Crippen LogP contribution in [0.25, 0.3) is 0 Å². The largest absolute Gasteiger partial charge is 0.508 e. The number of aromatic hydroxyl groups is 2. The third-order valence-electron chi connectivity index (χ3n) is 4.16. The Morgan fingerprint density at radius 3 is 1.79 bits per heavy atom. The summed E-state index contributed by atoms with van der Waals surface area (Å²) in [7, 11) is -3.79. The second-order valence-corrected chi connectivity index (χ2v) is 7.96. The maximum Gasteiger partial charge on any atom is 0.264 e. The van der Waals surface area contributed by atoms with Gasteiger partial charge in [-0.15, -0.1) is 0 Å². The average molecular weight is 358 g/mol. The van der Waals surface area contributed by atoms with Crippen LogP contribution in [0.2, 0.25) is 0 Å². The van der Waals surface area contributed by atoms with E-state index in [0.717, 1.165) is 44.1 Å². The fourth-order valence-corrected chi connectivity index (χ4v) is 3.36. The molecule has 0 aliphatic carbocycles. The maximum atomic E-state index is 10.5. The highest BCUT2D eigenvalue weighted by molar-refractivity contribution is 7.85. The number of phenolic OH excluding ortho intramolecular Hbond substituents is 2. The molecule has 0 saturated heterocycles. The van der Waals surface area contributed by atoms with Gasteiger partial charge in [-0.3, -0.25) is 4.55 Å². The normalized spacial score (nSPS) is 11.7. The minimum absolute atomic E-state index is 0.123. The molecule has 0 saturated carbocycles. The molecular weight excluding hydrogens is 328 g/mol. The third kappa shape index (κ3) is 10.5. The van der Waals surface area contributed by atoms with Crippen molar-refractivity contribution in [3.05, 3.63) is 23.8 Å². The Labute approximate surface area is 145 Å². The molecule has 1 aromatic carbocycles. The van der Waals surface area contributed by atoms with E-state index in [1.807, 2.05) is 0 Å². The van der Waals surface area contributed by atoms with Crippen molar-refractivity contribution in [2.75, 3.05) is 5.75 Å². The van der Waals surface area contributed by atoms with Crippen molar-refractivity contribution in [2.24, 2.45) is 0 Å². The lowest BCUT2D eigenvalue weighted by molar-refractivity contribution is 0.452. The number of rotatable bonds is 13. The van der Waals surface area contributed by atoms with Crippen molar-refractivity contribution in [2.45, 2.75) is 70.6 Å². The zero-order valence-corrected chi connectivity index (χ0v) is 15.1. The third-order valence-corrected chi connectivity index (χ3v) is 4.97. The van der Waals surface area contributed by atoms with Gasteiger partial charge < -0.3 is 10.2 Å². The number of benzene rings is 1. The molecule has 0 aliphatic heterocycles. The second kappa shape index (κ2) is 11.3. The first-order valence-electron chi connectivity index (χ1n) is 8.84.